The third-order valence-electron chi connectivity index (χ3n) is 4.95. The van der Waals surface area contributed by atoms with Gasteiger partial charge in [-0.05, 0) is 37.6 Å². The molecule has 0 radical (unpaired) electrons. The molecule has 32 heavy (non-hydrogen) atoms. The summed E-state index contributed by atoms with van der Waals surface area (Å²) >= 11 is 9.73. The van der Waals surface area contributed by atoms with Crippen LogP contribution in [0.3, 0.4) is 0 Å². The fourth-order valence-corrected chi connectivity index (χ4v) is 3.69. The molecule has 0 bridgehead atoms. The summed E-state index contributed by atoms with van der Waals surface area (Å²) in [5.74, 6) is 1.58. The van der Waals surface area contributed by atoms with Crippen molar-refractivity contribution in [2.45, 2.75) is 52.6 Å². The lowest BCUT2D eigenvalue weighted by Crippen LogP contribution is -2.29. The van der Waals surface area contributed by atoms with E-state index in [0.717, 1.165) is 10.9 Å². The zero-order valence-corrected chi connectivity index (χ0v) is 21.4. The van der Waals surface area contributed by atoms with Gasteiger partial charge in [-0.25, -0.2) is 4.98 Å². The highest BCUT2D eigenvalue weighted by molar-refractivity contribution is 9.10. The minimum atomic E-state index is -0.417. The Hall–Kier alpha value is -2.38. The predicted molar refractivity (Wildman–Crippen MR) is 134 cm³/mol. The summed E-state index contributed by atoms with van der Waals surface area (Å²) in [5.41, 5.74) is 0.561. The van der Waals surface area contributed by atoms with Crippen molar-refractivity contribution in [1.82, 2.24) is 9.66 Å². The summed E-state index contributed by atoms with van der Waals surface area (Å²) in [5, 5.41) is 5.49. The van der Waals surface area contributed by atoms with Crippen LogP contribution >= 0.6 is 27.5 Å². The van der Waals surface area contributed by atoms with Gasteiger partial charge in [0.15, 0.2) is 11.5 Å². The van der Waals surface area contributed by atoms with E-state index in [9.17, 15) is 4.79 Å². The first kappa shape index (κ1) is 24.3. The smallest absolute Gasteiger partial charge is 0.282 e. The predicted octanol–water partition coefficient (Wildman–Crippen LogP) is 6.18. The van der Waals surface area contributed by atoms with E-state index >= 15 is 0 Å². The highest BCUT2D eigenvalue weighted by atomic mass is 79.9. The SMILES string of the molecule is CC[C@H](C)Oc1c(C=Nn2c(C(C)(C)C)nc3ccc(Br)cc3c2=O)cc(Cl)cc1OC. The third-order valence-corrected chi connectivity index (χ3v) is 5.67. The zero-order valence-electron chi connectivity index (χ0n) is 19.1. The molecule has 0 amide bonds. The molecule has 0 unspecified atom stereocenters. The van der Waals surface area contributed by atoms with Crippen molar-refractivity contribution < 1.29 is 9.47 Å². The Kier molecular flexibility index (Phi) is 7.30. The molecule has 0 aliphatic heterocycles. The number of benzene rings is 2. The second-order valence-corrected chi connectivity index (χ2v) is 9.92. The van der Waals surface area contributed by atoms with Gasteiger partial charge >= 0.3 is 0 Å². The normalized spacial score (nSPS) is 13.0. The Morgan fingerprint density at radius 1 is 1.28 bits per heavy atom. The van der Waals surface area contributed by atoms with Crippen molar-refractivity contribution in [1.29, 1.82) is 0 Å². The van der Waals surface area contributed by atoms with Gasteiger partial charge in [0.2, 0.25) is 0 Å². The van der Waals surface area contributed by atoms with Crippen LogP contribution in [0.15, 0.2) is 44.7 Å². The Morgan fingerprint density at radius 2 is 2.00 bits per heavy atom. The second-order valence-electron chi connectivity index (χ2n) is 8.57. The molecule has 0 aliphatic carbocycles. The first-order valence-electron chi connectivity index (χ1n) is 10.4. The molecule has 6 nitrogen and oxygen atoms in total. The molecule has 1 aromatic heterocycles. The molecule has 1 atom stereocenters. The number of methoxy groups -OCH3 is 1. The quantitative estimate of drug-likeness (QED) is 0.364. The molecule has 0 N–H and O–H groups in total. The van der Waals surface area contributed by atoms with E-state index < -0.39 is 5.41 Å². The van der Waals surface area contributed by atoms with E-state index in [-0.39, 0.29) is 11.7 Å². The molecule has 2 aromatic carbocycles. The van der Waals surface area contributed by atoms with Crippen LogP contribution in [-0.4, -0.2) is 29.1 Å². The lowest BCUT2D eigenvalue weighted by Gasteiger charge is -2.21. The first-order valence-corrected chi connectivity index (χ1v) is 11.5. The summed E-state index contributed by atoms with van der Waals surface area (Å²) in [6, 6.07) is 8.87. The molecular formula is C24H27BrClN3O3. The van der Waals surface area contributed by atoms with Gasteiger partial charge in [0.1, 0.15) is 5.82 Å². The number of rotatable bonds is 6. The van der Waals surface area contributed by atoms with Crippen LogP contribution in [0.1, 0.15) is 52.4 Å². The average molecular weight is 521 g/mol. The van der Waals surface area contributed by atoms with E-state index in [1.165, 1.54) is 4.68 Å². The maximum absolute atomic E-state index is 13.4. The molecule has 170 valence electrons. The van der Waals surface area contributed by atoms with Crippen molar-refractivity contribution in [3.05, 3.63) is 61.6 Å². The van der Waals surface area contributed by atoms with Gasteiger partial charge in [0, 0.05) is 26.5 Å². The van der Waals surface area contributed by atoms with Crippen LogP contribution < -0.4 is 15.0 Å². The fourth-order valence-electron chi connectivity index (χ4n) is 3.11. The highest BCUT2D eigenvalue weighted by Crippen LogP contribution is 2.35. The van der Waals surface area contributed by atoms with Crippen molar-refractivity contribution in [3.63, 3.8) is 0 Å². The summed E-state index contributed by atoms with van der Waals surface area (Å²) in [6.45, 7) is 9.99. The summed E-state index contributed by atoms with van der Waals surface area (Å²) < 4.78 is 13.7. The molecule has 1 heterocycles. The van der Waals surface area contributed by atoms with Crippen LogP contribution in [0.5, 0.6) is 11.5 Å². The third kappa shape index (κ3) is 5.15. The molecule has 0 saturated heterocycles. The average Bonchev–Trinajstić information content (AvgIpc) is 2.73. The van der Waals surface area contributed by atoms with Crippen LogP contribution in [0, 0.1) is 0 Å². The Labute approximate surface area is 201 Å². The van der Waals surface area contributed by atoms with Gasteiger partial charge in [0.05, 0.1) is 30.3 Å². The van der Waals surface area contributed by atoms with Gasteiger partial charge in [-0.15, -0.1) is 0 Å². The lowest BCUT2D eigenvalue weighted by atomic mass is 9.95. The van der Waals surface area contributed by atoms with Gasteiger partial charge in [-0.1, -0.05) is 55.2 Å². The molecule has 3 aromatic rings. The molecule has 3 rings (SSSR count). The van der Waals surface area contributed by atoms with E-state index in [1.54, 1.807) is 31.5 Å². The van der Waals surface area contributed by atoms with E-state index in [4.69, 9.17) is 26.1 Å². The number of nitrogens with zero attached hydrogens (tertiary/aromatic N) is 3. The second kappa shape index (κ2) is 9.63. The highest BCUT2D eigenvalue weighted by Gasteiger charge is 2.23. The monoisotopic (exact) mass is 519 g/mol. The van der Waals surface area contributed by atoms with E-state index in [0.29, 0.717) is 38.8 Å². The first-order chi connectivity index (χ1) is 15.0. The minimum Gasteiger partial charge on any atom is -0.493 e. The van der Waals surface area contributed by atoms with Gasteiger partial charge in [-0.2, -0.15) is 9.78 Å². The summed E-state index contributed by atoms with van der Waals surface area (Å²) in [4.78, 5) is 18.1. The molecule has 0 aliphatic rings. The van der Waals surface area contributed by atoms with Crippen molar-refractivity contribution in [3.8, 4) is 11.5 Å². The summed E-state index contributed by atoms with van der Waals surface area (Å²) in [6.07, 6.45) is 2.35. The topological polar surface area (TPSA) is 65.7 Å². The maximum atomic E-state index is 13.4. The Bertz CT molecular complexity index is 1230. The van der Waals surface area contributed by atoms with Gasteiger partial charge < -0.3 is 9.47 Å². The molecular weight excluding hydrogens is 494 g/mol. The van der Waals surface area contributed by atoms with Gasteiger partial charge in [0.25, 0.3) is 5.56 Å². The van der Waals surface area contributed by atoms with Crippen LogP contribution in [0.2, 0.25) is 5.02 Å². The number of halogens is 2. The number of aromatic nitrogens is 2. The lowest BCUT2D eigenvalue weighted by molar-refractivity contribution is 0.207. The van der Waals surface area contributed by atoms with Crippen molar-refractivity contribution in [2.24, 2.45) is 5.10 Å². The van der Waals surface area contributed by atoms with E-state index in [2.05, 4.69) is 21.0 Å². The van der Waals surface area contributed by atoms with Gasteiger partial charge in [-0.3, -0.25) is 4.79 Å². The van der Waals surface area contributed by atoms with Crippen LogP contribution in [0.25, 0.3) is 10.9 Å². The minimum absolute atomic E-state index is 0.0373. The number of ether oxygens (including phenoxy) is 2. The number of hydrogen-bond donors (Lipinski definition) is 0. The maximum Gasteiger partial charge on any atom is 0.282 e. The molecule has 0 spiro atoms. The summed E-state index contributed by atoms with van der Waals surface area (Å²) in [7, 11) is 1.56. The molecule has 0 saturated carbocycles. The zero-order chi connectivity index (χ0) is 23.6. The Morgan fingerprint density at radius 3 is 2.62 bits per heavy atom. The molecule has 8 heteroatoms. The fraction of sp³-hybridized carbons (Fsp3) is 0.375. The van der Waals surface area contributed by atoms with Crippen LogP contribution in [-0.2, 0) is 5.41 Å². The van der Waals surface area contributed by atoms with Crippen molar-refractivity contribution in [2.75, 3.05) is 7.11 Å². The van der Waals surface area contributed by atoms with Crippen LogP contribution in [0.4, 0.5) is 0 Å². The number of fused-ring (bicyclic) bond motifs is 1. The van der Waals surface area contributed by atoms with E-state index in [1.807, 2.05) is 46.8 Å². The standard InChI is InChI=1S/C24H27BrClN3O3/c1-7-14(2)32-21-15(10-17(26)12-20(21)31-6)13-27-29-22(30)18-11-16(25)8-9-19(18)28-23(29)24(3,4)5/h8-14H,7H2,1-6H3/t14-/m0/s1. The van der Waals surface area contributed by atoms with Crippen molar-refractivity contribution >= 4 is 44.6 Å². The Balaban J connectivity index is 2.23. The molecule has 0 fully saturated rings. The largest absolute Gasteiger partial charge is 0.493 e. The number of hydrogen-bond acceptors (Lipinski definition) is 5.